The molecule has 10 heteroatoms. The predicted molar refractivity (Wildman–Crippen MR) is 101 cm³/mol. The van der Waals surface area contributed by atoms with E-state index in [0.717, 1.165) is 6.07 Å². The molecule has 0 fully saturated rings. The maximum Gasteiger partial charge on any atom is 0.294 e. The average Bonchev–Trinajstić information content (AvgIpc) is 2.60. The van der Waals surface area contributed by atoms with Gasteiger partial charge in [0.1, 0.15) is 5.75 Å². The van der Waals surface area contributed by atoms with Crippen LogP contribution in [-0.4, -0.2) is 28.9 Å². The third-order valence-electron chi connectivity index (χ3n) is 4.12. The lowest BCUT2D eigenvalue weighted by Gasteiger charge is -2.10. The zero-order valence-electron chi connectivity index (χ0n) is 14.4. The van der Waals surface area contributed by atoms with Gasteiger partial charge >= 0.3 is 0 Å². The van der Waals surface area contributed by atoms with Gasteiger partial charge in [-0.25, -0.2) is 0 Å². The number of fused-ring (bicyclic) bond motifs is 1. The average molecular weight is 402 g/mol. The molecular weight excluding hydrogens is 388 g/mol. The minimum atomic E-state index is -4.42. The summed E-state index contributed by atoms with van der Waals surface area (Å²) in [6.07, 6.45) is 0. The number of aromatic hydroxyl groups is 1. The van der Waals surface area contributed by atoms with Crippen LogP contribution in [0.4, 0.5) is 11.4 Å². The largest absolute Gasteiger partial charge is 0.507 e. The fraction of sp³-hybridized carbons (Fsp3) is 0.0556. The van der Waals surface area contributed by atoms with E-state index in [1.54, 1.807) is 0 Å². The molecule has 0 aromatic heterocycles. The van der Waals surface area contributed by atoms with E-state index in [4.69, 9.17) is 4.55 Å². The number of rotatable bonds is 4. The smallest absolute Gasteiger partial charge is 0.294 e. The number of hydrogen-bond donors (Lipinski definition) is 3. The first-order valence-corrected chi connectivity index (χ1v) is 9.31. The molecule has 0 heterocycles. The number of carbonyl (C=O) groups is 1. The van der Waals surface area contributed by atoms with Crippen molar-refractivity contribution in [2.24, 2.45) is 0 Å². The van der Waals surface area contributed by atoms with Crippen molar-refractivity contribution in [2.75, 3.05) is 5.32 Å². The second kappa shape index (κ2) is 6.91. The molecule has 0 aliphatic heterocycles. The molecule has 9 nitrogen and oxygen atoms in total. The zero-order chi connectivity index (χ0) is 20.6. The maximum absolute atomic E-state index is 12.4. The van der Waals surface area contributed by atoms with Crippen molar-refractivity contribution in [3.8, 4) is 5.75 Å². The molecule has 0 radical (unpaired) electrons. The number of phenols is 1. The number of benzene rings is 3. The van der Waals surface area contributed by atoms with Gasteiger partial charge in [0.15, 0.2) is 0 Å². The summed E-state index contributed by atoms with van der Waals surface area (Å²) in [5.74, 6) is -0.829. The minimum Gasteiger partial charge on any atom is -0.507 e. The molecule has 28 heavy (non-hydrogen) atoms. The van der Waals surface area contributed by atoms with E-state index in [9.17, 15) is 28.4 Å². The maximum atomic E-state index is 12.4. The first-order valence-electron chi connectivity index (χ1n) is 7.87. The summed E-state index contributed by atoms with van der Waals surface area (Å²) in [5.41, 5.74) is 0.668. The monoisotopic (exact) mass is 402 g/mol. The van der Waals surface area contributed by atoms with E-state index in [1.807, 2.05) is 0 Å². The number of nitrogens with one attached hydrogen (secondary N) is 1. The molecule has 0 saturated heterocycles. The van der Waals surface area contributed by atoms with Crippen LogP contribution in [0.25, 0.3) is 10.8 Å². The Morgan fingerprint density at radius 2 is 1.82 bits per heavy atom. The number of amides is 1. The van der Waals surface area contributed by atoms with Crippen molar-refractivity contribution < 1.29 is 27.8 Å². The Hall–Kier alpha value is -3.50. The SMILES string of the molecule is Cc1cc(C(=O)Nc2cc(O)c3cc(S(=O)(=O)O)ccc3c2)ccc1[N+](=O)[O-]. The zero-order valence-corrected chi connectivity index (χ0v) is 15.2. The van der Waals surface area contributed by atoms with Gasteiger partial charge in [-0.15, -0.1) is 0 Å². The second-order valence-corrected chi connectivity index (χ2v) is 7.49. The Labute approximate surface area is 159 Å². The third kappa shape index (κ3) is 3.77. The lowest BCUT2D eigenvalue weighted by Crippen LogP contribution is -2.12. The quantitative estimate of drug-likeness (QED) is 0.345. The highest BCUT2D eigenvalue weighted by atomic mass is 32.2. The molecule has 0 saturated carbocycles. The second-order valence-electron chi connectivity index (χ2n) is 6.07. The highest BCUT2D eigenvalue weighted by Crippen LogP contribution is 2.31. The normalized spacial score (nSPS) is 11.4. The number of aryl methyl sites for hydroxylation is 1. The van der Waals surface area contributed by atoms with E-state index >= 15 is 0 Å². The van der Waals surface area contributed by atoms with Crippen LogP contribution < -0.4 is 5.32 Å². The fourth-order valence-corrected chi connectivity index (χ4v) is 3.26. The molecule has 0 atom stereocenters. The molecule has 0 spiro atoms. The van der Waals surface area contributed by atoms with E-state index in [1.165, 1.54) is 49.4 Å². The highest BCUT2D eigenvalue weighted by Gasteiger charge is 2.16. The number of hydrogen-bond acceptors (Lipinski definition) is 6. The molecule has 3 aromatic rings. The lowest BCUT2D eigenvalue weighted by molar-refractivity contribution is -0.385. The van der Waals surface area contributed by atoms with Gasteiger partial charge in [-0.1, -0.05) is 6.07 Å². The van der Waals surface area contributed by atoms with Crippen LogP contribution in [0.3, 0.4) is 0 Å². The number of phenolic OH excluding ortho intramolecular Hbond substituents is 1. The van der Waals surface area contributed by atoms with Crippen LogP contribution in [0, 0.1) is 17.0 Å². The van der Waals surface area contributed by atoms with Crippen LogP contribution in [0.1, 0.15) is 15.9 Å². The number of nitro groups is 1. The van der Waals surface area contributed by atoms with Crippen LogP contribution >= 0.6 is 0 Å². The summed E-state index contributed by atoms with van der Waals surface area (Å²) < 4.78 is 31.6. The molecule has 0 unspecified atom stereocenters. The van der Waals surface area contributed by atoms with Gasteiger partial charge in [0.25, 0.3) is 21.7 Å². The van der Waals surface area contributed by atoms with Crippen molar-refractivity contribution in [1.29, 1.82) is 0 Å². The molecule has 3 aromatic carbocycles. The number of nitrogens with zero attached hydrogens (tertiary/aromatic N) is 1. The summed E-state index contributed by atoms with van der Waals surface area (Å²) in [4.78, 5) is 22.4. The topological polar surface area (TPSA) is 147 Å². The summed E-state index contributed by atoms with van der Waals surface area (Å²) in [7, 11) is -4.42. The van der Waals surface area contributed by atoms with Gasteiger partial charge in [0.2, 0.25) is 0 Å². The summed E-state index contributed by atoms with van der Waals surface area (Å²) in [5, 5.41) is 24.2. The molecular formula is C18H14N2O7S. The summed E-state index contributed by atoms with van der Waals surface area (Å²) in [6, 6.07) is 10.3. The van der Waals surface area contributed by atoms with E-state index in [2.05, 4.69) is 5.32 Å². The predicted octanol–water partition coefficient (Wildman–Crippen LogP) is 3.26. The first-order chi connectivity index (χ1) is 13.1. The van der Waals surface area contributed by atoms with E-state index in [0.29, 0.717) is 10.9 Å². The lowest BCUT2D eigenvalue weighted by atomic mass is 10.1. The van der Waals surface area contributed by atoms with Gasteiger partial charge in [-0.3, -0.25) is 19.5 Å². The molecule has 3 N–H and O–H groups in total. The van der Waals surface area contributed by atoms with Crippen LogP contribution in [-0.2, 0) is 10.1 Å². The number of anilines is 1. The van der Waals surface area contributed by atoms with Crippen LogP contribution in [0.15, 0.2) is 53.4 Å². The number of nitro benzene ring substituents is 1. The minimum absolute atomic E-state index is 0.102. The highest BCUT2D eigenvalue weighted by molar-refractivity contribution is 7.85. The van der Waals surface area contributed by atoms with Crippen molar-refractivity contribution in [3.63, 3.8) is 0 Å². The fourth-order valence-electron chi connectivity index (χ4n) is 2.75. The Balaban J connectivity index is 1.93. The van der Waals surface area contributed by atoms with E-state index < -0.39 is 20.9 Å². The molecule has 0 bridgehead atoms. The van der Waals surface area contributed by atoms with Crippen LogP contribution in [0.2, 0.25) is 0 Å². The third-order valence-corrected chi connectivity index (χ3v) is 4.96. The van der Waals surface area contributed by atoms with Gasteiger partial charge in [0, 0.05) is 34.3 Å². The Morgan fingerprint density at radius 1 is 1.11 bits per heavy atom. The molecule has 0 aliphatic rings. The molecule has 3 rings (SSSR count). The Kier molecular flexibility index (Phi) is 4.75. The van der Waals surface area contributed by atoms with Gasteiger partial charge in [0.05, 0.1) is 9.82 Å². The molecule has 1 amide bonds. The molecule has 0 aliphatic carbocycles. The summed E-state index contributed by atoms with van der Waals surface area (Å²) in [6.45, 7) is 1.52. The molecule has 144 valence electrons. The van der Waals surface area contributed by atoms with Crippen molar-refractivity contribution in [1.82, 2.24) is 0 Å². The van der Waals surface area contributed by atoms with Gasteiger partial charge in [-0.2, -0.15) is 8.42 Å². The van der Waals surface area contributed by atoms with Gasteiger partial charge < -0.3 is 10.4 Å². The Morgan fingerprint density at radius 3 is 2.43 bits per heavy atom. The standard InChI is InChI=1S/C18H14N2O7S/c1-10-6-12(3-5-16(10)20(23)24)18(22)19-13-7-11-2-4-14(28(25,26)27)9-15(11)17(21)8-13/h2-9,21H,1H3,(H,19,22)(H,25,26,27). The van der Waals surface area contributed by atoms with Crippen molar-refractivity contribution >= 4 is 38.2 Å². The van der Waals surface area contributed by atoms with Gasteiger partial charge in [-0.05, 0) is 42.6 Å². The van der Waals surface area contributed by atoms with Crippen molar-refractivity contribution in [2.45, 2.75) is 11.8 Å². The Bertz CT molecular complexity index is 1240. The van der Waals surface area contributed by atoms with Crippen LogP contribution in [0.5, 0.6) is 5.75 Å². The van der Waals surface area contributed by atoms with E-state index in [-0.39, 0.29) is 33.0 Å². The summed E-state index contributed by atoms with van der Waals surface area (Å²) >= 11 is 0. The number of carbonyl (C=O) groups excluding carboxylic acids is 1. The first kappa shape index (κ1) is 19.3. The van der Waals surface area contributed by atoms with Crippen molar-refractivity contribution in [3.05, 3.63) is 69.8 Å².